The molecule has 4 amide bonds. The van der Waals surface area contributed by atoms with Crippen molar-refractivity contribution in [3.05, 3.63) is 39.9 Å². The van der Waals surface area contributed by atoms with Crippen LogP contribution in [0.3, 0.4) is 0 Å². The van der Waals surface area contributed by atoms with E-state index in [1.165, 1.54) is 25.1 Å². The standard InChI is InChI=1S/C16H20N4O7/c1-9(2)17-16(24)19-13(21)8-27-15(23)10(3)18-14(22)11-5-4-6-12(7-11)20(25)26/h4-7,9-10H,8H2,1-3H3,(H,18,22)(H2,17,19,21,24). The largest absolute Gasteiger partial charge is 0.454 e. The summed E-state index contributed by atoms with van der Waals surface area (Å²) in [5.74, 6) is -2.46. The predicted molar refractivity (Wildman–Crippen MR) is 92.8 cm³/mol. The van der Waals surface area contributed by atoms with Gasteiger partial charge in [0.1, 0.15) is 6.04 Å². The minimum Gasteiger partial charge on any atom is -0.454 e. The first-order valence-electron chi connectivity index (χ1n) is 7.92. The minimum atomic E-state index is -1.12. The number of urea groups is 1. The molecule has 0 aromatic heterocycles. The smallest absolute Gasteiger partial charge is 0.328 e. The van der Waals surface area contributed by atoms with Gasteiger partial charge in [-0.15, -0.1) is 0 Å². The van der Waals surface area contributed by atoms with E-state index in [0.717, 1.165) is 6.07 Å². The van der Waals surface area contributed by atoms with E-state index in [-0.39, 0.29) is 17.3 Å². The maximum absolute atomic E-state index is 12.0. The van der Waals surface area contributed by atoms with Gasteiger partial charge >= 0.3 is 12.0 Å². The van der Waals surface area contributed by atoms with Crippen LogP contribution in [0.4, 0.5) is 10.5 Å². The number of rotatable bonds is 7. The number of nitro benzene ring substituents is 1. The predicted octanol–water partition coefficient (Wildman–Crippen LogP) is 0.491. The second-order valence-corrected chi connectivity index (χ2v) is 5.79. The van der Waals surface area contributed by atoms with Gasteiger partial charge in [0, 0.05) is 23.7 Å². The van der Waals surface area contributed by atoms with Crippen LogP contribution >= 0.6 is 0 Å². The maximum Gasteiger partial charge on any atom is 0.328 e. The molecule has 27 heavy (non-hydrogen) atoms. The third kappa shape index (κ3) is 7.50. The number of nitro groups is 1. The van der Waals surface area contributed by atoms with Crippen LogP contribution < -0.4 is 16.0 Å². The molecule has 1 unspecified atom stereocenters. The van der Waals surface area contributed by atoms with E-state index in [4.69, 9.17) is 4.74 Å². The summed E-state index contributed by atoms with van der Waals surface area (Å²) in [6.07, 6.45) is 0. The summed E-state index contributed by atoms with van der Waals surface area (Å²) in [4.78, 5) is 56.8. The molecule has 0 saturated heterocycles. The fourth-order valence-electron chi connectivity index (χ4n) is 1.82. The molecule has 1 aromatic rings. The summed E-state index contributed by atoms with van der Waals surface area (Å²) in [7, 11) is 0. The molecule has 0 aliphatic carbocycles. The summed E-state index contributed by atoms with van der Waals surface area (Å²) in [6, 6.07) is 2.96. The first-order chi connectivity index (χ1) is 12.6. The van der Waals surface area contributed by atoms with Crippen LogP contribution in [0, 0.1) is 10.1 Å². The van der Waals surface area contributed by atoms with E-state index in [2.05, 4.69) is 10.6 Å². The number of carbonyl (C=O) groups is 4. The fraction of sp³-hybridized carbons (Fsp3) is 0.375. The third-order valence-electron chi connectivity index (χ3n) is 3.04. The van der Waals surface area contributed by atoms with Crippen molar-refractivity contribution >= 4 is 29.5 Å². The van der Waals surface area contributed by atoms with Crippen molar-refractivity contribution in [2.24, 2.45) is 0 Å². The first kappa shape index (κ1) is 21.5. The zero-order valence-electron chi connectivity index (χ0n) is 15.0. The Labute approximate surface area is 154 Å². The summed E-state index contributed by atoms with van der Waals surface area (Å²) < 4.78 is 4.72. The number of imide groups is 1. The average Bonchev–Trinajstić information content (AvgIpc) is 2.58. The van der Waals surface area contributed by atoms with Crippen molar-refractivity contribution < 1.29 is 28.8 Å². The van der Waals surface area contributed by atoms with E-state index in [0.29, 0.717) is 0 Å². The van der Waals surface area contributed by atoms with Crippen LogP contribution in [0.5, 0.6) is 0 Å². The monoisotopic (exact) mass is 380 g/mol. The number of esters is 1. The number of benzene rings is 1. The van der Waals surface area contributed by atoms with Crippen molar-refractivity contribution in [2.75, 3.05) is 6.61 Å². The molecule has 0 aliphatic rings. The molecule has 0 fully saturated rings. The van der Waals surface area contributed by atoms with Crippen LogP contribution in [0.15, 0.2) is 24.3 Å². The molecular weight excluding hydrogens is 360 g/mol. The molecule has 0 aliphatic heterocycles. The van der Waals surface area contributed by atoms with Gasteiger partial charge in [-0.3, -0.25) is 25.0 Å². The zero-order valence-corrected chi connectivity index (χ0v) is 15.0. The lowest BCUT2D eigenvalue weighted by Crippen LogP contribution is -2.45. The van der Waals surface area contributed by atoms with Gasteiger partial charge in [-0.2, -0.15) is 0 Å². The Bertz CT molecular complexity index is 748. The van der Waals surface area contributed by atoms with E-state index in [1.54, 1.807) is 13.8 Å². The van der Waals surface area contributed by atoms with E-state index in [1.807, 2.05) is 5.32 Å². The Hall–Kier alpha value is -3.50. The Morgan fingerprint density at radius 3 is 2.41 bits per heavy atom. The van der Waals surface area contributed by atoms with E-state index >= 15 is 0 Å². The van der Waals surface area contributed by atoms with Crippen molar-refractivity contribution in [2.45, 2.75) is 32.9 Å². The number of hydrogen-bond donors (Lipinski definition) is 3. The molecule has 0 saturated carbocycles. The number of ether oxygens (including phenoxy) is 1. The summed E-state index contributed by atoms with van der Waals surface area (Å²) in [6.45, 7) is 4.02. The second-order valence-electron chi connectivity index (χ2n) is 5.79. The van der Waals surface area contributed by atoms with Crippen LogP contribution in [0.1, 0.15) is 31.1 Å². The fourth-order valence-corrected chi connectivity index (χ4v) is 1.82. The highest BCUT2D eigenvalue weighted by Crippen LogP contribution is 2.13. The van der Waals surface area contributed by atoms with Gasteiger partial charge in [0.15, 0.2) is 6.61 Å². The molecule has 3 N–H and O–H groups in total. The highest BCUT2D eigenvalue weighted by atomic mass is 16.6. The van der Waals surface area contributed by atoms with Crippen LogP contribution in [-0.4, -0.2) is 47.4 Å². The molecule has 1 aromatic carbocycles. The normalized spacial score (nSPS) is 11.3. The first-order valence-corrected chi connectivity index (χ1v) is 7.92. The molecule has 0 heterocycles. The summed E-state index contributed by atoms with van der Waals surface area (Å²) in [5.41, 5.74) is -0.277. The van der Waals surface area contributed by atoms with E-state index < -0.39 is 41.4 Å². The Morgan fingerprint density at radius 1 is 1.15 bits per heavy atom. The van der Waals surface area contributed by atoms with Gasteiger partial charge < -0.3 is 15.4 Å². The van der Waals surface area contributed by atoms with Gasteiger partial charge in [-0.1, -0.05) is 6.07 Å². The minimum absolute atomic E-state index is 0.00745. The number of carbonyl (C=O) groups excluding carboxylic acids is 4. The zero-order chi connectivity index (χ0) is 20.6. The van der Waals surface area contributed by atoms with Gasteiger partial charge in [-0.05, 0) is 26.8 Å². The number of nitrogens with one attached hydrogen (secondary N) is 3. The summed E-state index contributed by atoms with van der Waals surface area (Å²) in [5, 5.41) is 17.4. The quantitative estimate of drug-likeness (QED) is 0.353. The maximum atomic E-state index is 12.0. The topological polar surface area (TPSA) is 157 Å². The van der Waals surface area contributed by atoms with Gasteiger partial charge in [-0.25, -0.2) is 9.59 Å². The molecule has 0 spiro atoms. The number of nitrogens with zero attached hydrogens (tertiary/aromatic N) is 1. The third-order valence-corrected chi connectivity index (χ3v) is 3.04. The molecular formula is C16H20N4O7. The Kier molecular flexibility index (Phi) is 7.86. The SMILES string of the molecule is CC(C)NC(=O)NC(=O)COC(=O)C(C)NC(=O)c1cccc([N+](=O)[O-])c1. The lowest BCUT2D eigenvalue weighted by molar-refractivity contribution is -0.384. The Morgan fingerprint density at radius 2 is 1.81 bits per heavy atom. The molecule has 0 radical (unpaired) electrons. The summed E-state index contributed by atoms with van der Waals surface area (Å²) >= 11 is 0. The van der Waals surface area contributed by atoms with Crippen molar-refractivity contribution in [1.82, 2.24) is 16.0 Å². The van der Waals surface area contributed by atoms with Crippen molar-refractivity contribution in [1.29, 1.82) is 0 Å². The molecule has 146 valence electrons. The number of hydrogen-bond acceptors (Lipinski definition) is 7. The molecule has 11 nitrogen and oxygen atoms in total. The van der Waals surface area contributed by atoms with Crippen molar-refractivity contribution in [3.8, 4) is 0 Å². The number of non-ortho nitro benzene ring substituents is 1. The van der Waals surface area contributed by atoms with Crippen LogP contribution in [-0.2, 0) is 14.3 Å². The molecule has 11 heteroatoms. The van der Waals surface area contributed by atoms with Crippen molar-refractivity contribution in [3.63, 3.8) is 0 Å². The number of amides is 4. The lowest BCUT2D eigenvalue weighted by Gasteiger charge is -2.13. The van der Waals surface area contributed by atoms with E-state index in [9.17, 15) is 29.3 Å². The van der Waals surface area contributed by atoms with Gasteiger partial charge in [0.25, 0.3) is 17.5 Å². The highest BCUT2D eigenvalue weighted by molar-refractivity contribution is 5.98. The molecule has 0 bridgehead atoms. The average molecular weight is 380 g/mol. The van der Waals surface area contributed by atoms with Crippen LogP contribution in [0.2, 0.25) is 0 Å². The van der Waals surface area contributed by atoms with Gasteiger partial charge in [0.2, 0.25) is 0 Å². The Balaban J connectivity index is 2.51. The lowest BCUT2D eigenvalue weighted by atomic mass is 10.2. The highest BCUT2D eigenvalue weighted by Gasteiger charge is 2.20. The van der Waals surface area contributed by atoms with Crippen LogP contribution in [0.25, 0.3) is 0 Å². The second kappa shape index (κ2) is 9.85. The molecule has 1 rings (SSSR count). The molecule has 1 atom stereocenters. The van der Waals surface area contributed by atoms with Gasteiger partial charge in [0.05, 0.1) is 4.92 Å².